The largest absolute Gasteiger partial charge is 0.416 e. The van der Waals surface area contributed by atoms with Crippen molar-refractivity contribution in [2.45, 2.75) is 44.7 Å². The molecule has 7 nitrogen and oxygen atoms in total. The monoisotopic (exact) mass is 513 g/mol. The molecule has 196 valence electrons. The van der Waals surface area contributed by atoms with Gasteiger partial charge in [-0.3, -0.25) is 14.7 Å². The number of nitrogens with zero attached hydrogens (tertiary/aromatic N) is 4. The number of H-pyrrole nitrogens is 1. The fourth-order valence-electron chi connectivity index (χ4n) is 5.62. The number of aromatic nitrogens is 3. The fraction of sp³-hybridized carbons (Fsp3) is 0.481. The molecule has 10 heteroatoms. The van der Waals surface area contributed by atoms with Gasteiger partial charge < -0.3 is 9.80 Å². The molecule has 3 aromatic rings. The maximum atomic E-state index is 13.0. The van der Waals surface area contributed by atoms with E-state index in [4.69, 9.17) is 0 Å². The zero-order valence-electron chi connectivity index (χ0n) is 20.5. The molecule has 2 fully saturated rings. The van der Waals surface area contributed by atoms with Crippen LogP contribution in [-0.2, 0) is 17.4 Å². The van der Waals surface area contributed by atoms with Gasteiger partial charge in [0.05, 0.1) is 11.1 Å². The van der Waals surface area contributed by atoms with Crippen LogP contribution in [0.3, 0.4) is 0 Å². The number of fused-ring (bicyclic) bond motifs is 1. The van der Waals surface area contributed by atoms with Gasteiger partial charge in [0, 0.05) is 38.2 Å². The van der Waals surface area contributed by atoms with E-state index in [1.54, 1.807) is 12.1 Å². The highest BCUT2D eigenvalue weighted by molar-refractivity contribution is 5.97. The van der Waals surface area contributed by atoms with Gasteiger partial charge in [0.1, 0.15) is 5.52 Å². The lowest BCUT2D eigenvalue weighted by atomic mass is 9.78. The van der Waals surface area contributed by atoms with E-state index in [2.05, 4.69) is 15.4 Å². The molecule has 2 aliphatic heterocycles. The Kier molecular flexibility index (Phi) is 7.17. The first-order chi connectivity index (χ1) is 17.8. The predicted octanol–water partition coefficient (Wildman–Crippen LogP) is 4.70. The number of amides is 2. The number of hydrogen-bond acceptors (Lipinski definition) is 4. The summed E-state index contributed by atoms with van der Waals surface area (Å²) in [7, 11) is 0. The van der Waals surface area contributed by atoms with Gasteiger partial charge in [-0.1, -0.05) is 17.3 Å². The first-order valence-corrected chi connectivity index (χ1v) is 12.8. The summed E-state index contributed by atoms with van der Waals surface area (Å²) in [5.74, 6) is 1.17. The Bertz CT molecular complexity index is 1240. The second kappa shape index (κ2) is 10.5. The average Bonchev–Trinajstić information content (AvgIpc) is 3.39. The molecule has 2 aliphatic rings. The molecule has 5 rings (SSSR count). The van der Waals surface area contributed by atoms with Crippen molar-refractivity contribution in [1.82, 2.24) is 25.2 Å². The summed E-state index contributed by atoms with van der Waals surface area (Å²) >= 11 is 0. The van der Waals surface area contributed by atoms with E-state index >= 15 is 0 Å². The Labute approximate surface area is 213 Å². The summed E-state index contributed by atoms with van der Waals surface area (Å²) in [4.78, 5) is 29.5. The molecular weight excluding hydrogens is 483 g/mol. The van der Waals surface area contributed by atoms with Crippen LogP contribution in [0.1, 0.15) is 53.6 Å². The maximum Gasteiger partial charge on any atom is 0.416 e. The van der Waals surface area contributed by atoms with Crippen molar-refractivity contribution >= 4 is 22.8 Å². The molecule has 2 saturated heterocycles. The second-order valence-corrected chi connectivity index (χ2v) is 10.1. The maximum absolute atomic E-state index is 13.0. The highest BCUT2D eigenvalue weighted by atomic mass is 19.4. The topological polar surface area (TPSA) is 82.2 Å². The van der Waals surface area contributed by atoms with E-state index in [0.29, 0.717) is 48.8 Å². The first-order valence-electron chi connectivity index (χ1n) is 12.8. The van der Waals surface area contributed by atoms with Gasteiger partial charge in [0.15, 0.2) is 0 Å². The lowest BCUT2D eigenvalue weighted by Crippen LogP contribution is -2.44. The zero-order chi connectivity index (χ0) is 26.0. The third kappa shape index (κ3) is 5.78. The lowest BCUT2D eigenvalue weighted by molar-refractivity contribution is -0.137. The fourth-order valence-corrected chi connectivity index (χ4v) is 5.62. The van der Waals surface area contributed by atoms with Crippen LogP contribution in [-0.4, -0.2) is 63.2 Å². The standard InChI is InChI=1S/C27H30F3N5O2/c28-27(29,30)22-5-1-18(2-6-22)3-8-25(36)34-13-9-19(10-14-34)20-11-15-35(16-12-20)26(37)21-4-7-23-24(17-21)32-33-31-23/h1-2,4-7,17,19-20H,3,8-16H2,(H,31,32,33). The first kappa shape index (κ1) is 25.2. The molecule has 2 aromatic carbocycles. The molecule has 37 heavy (non-hydrogen) atoms. The summed E-state index contributed by atoms with van der Waals surface area (Å²) in [5, 5.41) is 10.6. The molecule has 3 heterocycles. The Morgan fingerprint density at radius 2 is 1.51 bits per heavy atom. The minimum Gasteiger partial charge on any atom is -0.343 e. The number of likely N-dealkylation sites (tertiary alicyclic amines) is 2. The van der Waals surface area contributed by atoms with Gasteiger partial charge in [-0.25, -0.2) is 0 Å². The van der Waals surface area contributed by atoms with Crippen molar-refractivity contribution in [2.24, 2.45) is 11.8 Å². The number of halogens is 3. The van der Waals surface area contributed by atoms with Crippen molar-refractivity contribution in [3.63, 3.8) is 0 Å². The minimum atomic E-state index is -4.35. The molecule has 0 bridgehead atoms. The van der Waals surface area contributed by atoms with Crippen LogP contribution >= 0.6 is 0 Å². The summed E-state index contributed by atoms with van der Waals surface area (Å²) in [6.07, 6.45) is 0.220. The number of nitrogens with one attached hydrogen (secondary N) is 1. The number of hydrogen-bond donors (Lipinski definition) is 1. The average molecular weight is 514 g/mol. The normalized spacial score (nSPS) is 17.9. The Hall–Kier alpha value is -3.43. The molecule has 1 aromatic heterocycles. The SMILES string of the molecule is O=C(CCc1ccc(C(F)(F)F)cc1)N1CCC(C2CCN(C(=O)c3ccc4[nH]nnc4c3)CC2)CC1. The third-order valence-corrected chi connectivity index (χ3v) is 7.87. The second-order valence-electron chi connectivity index (χ2n) is 10.1. The minimum absolute atomic E-state index is 0.0248. The number of aromatic amines is 1. The summed E-state index contributed by atoms with van der Waals surface area (Å²) in [6, 6.07) is 10.4. The third-order valence-electron chi connectivity index (χ3n) is 7.87. The van der Waals surface area contributed by atoms with E-state index < -0.39 is 11.7 Å². The number of rotatable bonds is 5. The van der Waals surface area contributed by atoms with E-state index in [1.807, 2.05) is 15.9 Å². The van der Waals surface area contributed by atoms with Gasteiger partial charge in [0.25, 0.3) is 5.91 Å². The summed E-state index contributed by atoms with van der Waals surface area (Å²) < 4.78 is 38.2. The highest BCUT2D eigenvalue weighted by Gasteiger charge is 2.32. The van der Waals surface area contributed by atoms with Crippen molar-refractivity contribution < 1.29 is 22.8 Å². The van der Waals surface area contributed by atoms with Crippen LogP contribution in [0.2, 0.25) is 0 Å². The van der Waals surface area contributed by atoms with Crippen molar-refractivity contribution in [3.05, 3.63) is 59.2 Å². The predicted molar refractivity (Wildman–Crippen MR) is 132 cm³/mol. The molecule has 0 unspecified atom stereocenters. The molecule has 0 atom stereocenters. The molecule has 0 aliphatic carbocycles. The Morgan fingerprint density at radius 1 is 0.892 bits per heavy atom. The number of aryl methyl sites for hydroxylation is 1. The highest BCUT2D eigenvalue weighted by Crippen LogP contribution is 2.33. The van der Waals surface area contributed by atoms with Crippen molar-refractivity contribution in [2.75, 3.05) is 26.2 Å². The van der Waals surface area contributed by atoms with Crippen LogP contribution < -0.4 is 0 Å². The van der Waals surface area contributed by atoms with Crippen LogP contribution in [0.15, 0.2) is 42.5 Å². The Morgan fingerprint density at radius 3 is 2.14 bits per heavy atom. The number of piperidine rings is 2. The van der Waals surface area contributed by atoms with Gasteiger partial charge in [-0.2, -0.15) is 13.2 Å². The zero-order valence-corrected chi connectivity index (χ0v) is 20.5. The molecule has 1 N–H and O–H groups in total. The van der Waals surface area contributed by atoms with Crippen molar-refractivity contribution in [1.29, 1.82) is 0 Å². The number of benzene rings is 2. The van der Waals surface area contributed by atoms with E-state index in [0.717, 1.165) is 62.0 Å². The summed E-state index contributed by atoms with van der Waals surface area (Å²) in [6.45, 7) is 2.89. The molecule has 0 radical (unpaired) electrons. The van der Waals surface area contributed by atoms with Crippen LogP contribution in [0.4, 0.5) is 13.2 Å². The van der Waals surface area contributed by atoms with Crippen LogP contribution in [0.25, 0.3) is 11.0 Å². The van der Waals surface area contributed by atoms with Crippen molar-refractivity contribution in [3.8, 4) is 0 Å². The van der Waals surface area contributed by atoms with E-state index in [1.165, 1.54) is 12.1 Å². The molecule has 0 spiro atoms. The number of carbonyl (C=O) groups is 2. The van der Waals surface area contributed by atoms with E-state index in [-0.39, 0.29) is 11.8 Å². The van der Waals surface area contributed by atoms with E-state index in [9.17, 15) is 22.8 Å². The smallest absolute Gasteiger partial charge is 0.343 e. The van der Waals surface area contributed by atoms with Gasteiger partial charge in [-0.15, -0.1) is 5.10 Å². The quantitative estimate of drug-likeness (QED) is 0.536. The van der Waals surface area contributed by atoms with Gasteiger partial charge >= 0.3 is 6.18 Å². The van der Waals surface area contributed by atoms with Gasteiger partial charge in [-0.05, 0) is 79.8 Å². The molecule has 0 saturated carbocycles. The van der Waals surface area contributed by atoms with Gasteiger partial charge in [0.2, 0.25) is 5.91 Å². The molecule has 2 amide bonds. The number of carbonyl (C=O) groups excluding carboxylic acids is 2. The summed E-state index contributed by atoms with van der Waals surface area (Å²) in [5.41, 5.74) is 2.18. The Balaban J connectivity index is 1.05. The molecular formula is C27H30F3N5O2. The lowest BCUT2D eigenvalue weighted by Gasteiger charge is -2.40. The number of alkyl halides is 3. The van der Waals surface area contributed by atoms with Crippen LogP contribution in [0, 0.1) is 11.8 Å². The van der Waals surface area contributed by atoms with Crippen LogP contribution in [0.5, 0.6) is 0 Å².